The molecule has 1 aromatic carbocycles. The molecule has 1 saturated heterocycles. The highest BCUT2D eigenvalue weighted by molar-refractivity contribution is 14.1. The fraction of sp³-hybridized carbons (Fsp3) is 0.429. The monoisotopic (exact) mass is 391 g/mol. The van der Waals surface area contributed by atoms with Crippen molar-refractivity contribution in [1.82, 2.24) is 4.90 Å². The SMILES string of the molecule is CC1CCC(C(=O)O)CN1C(=O)c1ccc(I)c(F)c1. The molecule has 1 aromatic rings. The Labute approximate surface area is 130 Å². The normalized spacial score (nSPS) is 22.6. The molecule has 2 unspecified atom stereocenters. The third-order valence-corrected chi connectivity index (χ3v) is 4.53. The number of likely N-dealkylation sites (tertiary alicyclic amines) is 1. The molecule has 1 aliphatic heterocycles. The lowest BCUT2D eigenvalue weighted by Crippen LogP contribution is -2.47. The zero-order valence-electron chi connectivity index (χ0n) is 11.0. The van der Waals surface area contributed by atoms with Crippen molar-refractivity contribution in [2.45, 2.75) is 25.8 Å². The molecular formula is C14H15FINO3. The highest BCUT2D eigenvalue weighted by Crippen LogP contribution is 2.24. The van der Waals surface area contributed by atoms with Crippen molar-refractivity contribution in [3.63, 3.8) is 0 Å². The summed E-state index contributed by atoms with van der Waals surface area (Å²) in [5, 5.41) is 9.08. The molecule has 2 atom stereocenters. The number of carbonyl (C=O) groups is 2. The molecule has 0 bridgehead atoms. The van der Waals surface area contributed by atoms with Gasteiger partial charge in [-0.2, -0.15) is 0 Å². The molecule has 2 rings (SSSR count). The van der Waals surface area contributed by atoms with E-state index >= 15 is 0 Å². The van der Waals surface area contributed by atoms with Crippen LogP contribution in [-0.4, -0.2) is 34.5 Å². The van der Waals surface area contributed by atoms with Crippen molar-refractivity contribution >= 4 is 34.5 Å². The minimum atomic E-state index is -0.886. The van der Waals surface area contributed by atoms with E-state index in [0.717, 1.165) is 0 Å². The molecule has 20 heavy (non-hydrogen) atoms. The van der Waals surface area contributed by atoms with Crippen LogP contribution in [0.1, 0.15) is 30.1 Å². The molecule has 0 aliphatic carbocycles. The average molecular weight is 391 g/mol. The number of hydrogen-bond donors (Lipinski definition) is 1. The van der Waals surface area contributed by atoms with E-state index in [1.807, 2.05) is 29.5 Å². The van der Waals surface area contributed by atoms with E-state index in [1.54, 1.807) is 12.1 Å². The van der Waals surface area contributed by atoms with E-state index in [-0.39, 0.29) is 24.1 Å². The van der Waals surface area contributed by atoms with Crippen molar-refractivity contribution in [3.05, 3.63) is 33.1 Å². The van der Waals surface area contributed by atoms with E-state index in [2.05, 4.69) is 0 Å². The van der Waals surface area contributed by atoms with Crippen LogP contribution in [0.5, 0.6) is 0 Å². The summed E-state index contributed by atoms with van der Waals surface area (Å²) in [4.78, 5) is 25.0. The summed E-state index contributed by atoms with van der Waals surface area (Å²) in [5.41, 5.74) is 0.265. The number of aliphatic carboxylic acids is 1. The lowest BCUT2D eigenvalue weighted by Gasteiger charge is -2.36. The van der Waals surface area contributed by atoms with E-state index in [4.69, 9.17) is 5.11 Å². The highest BCUT2D eigenvalue weighted by atomic mass is 127. The quantitative estimate of drug-likeness (QED) is 0.789. The maximum Gasteiger partial charge on any atom is 0.308 e. The van der Waals surface area contributed by atoms with Crippen LogP contribution in [-0.2, 0) is 4.79 Å². The lowest BCUT2D eigenvalue weighted by atomic mass is 9.93. The Morgan fingerprint density at radius 2 is 2.10 bits per heavy atom. The topological polar surface area (TPSA) is 57.6 Å². The molecule has 4 nitrogen and oxygen atoms in total. The number of hydrogen-bond acceptors (Lipinski definition) is 2. The van der Waals surface area contributed by atoms with Crippen LogP contribution in [0.2, 0.25) is 0 Å². The van der Waals surface area contributed by atoms with Crippen LogP contribution in [0.25, 0.3) is 0 Å². The van der Waals surface area contributed by atoms with Crippen LogP contribution in [0.4, 0.5) is 4.39 Å². The minimum absolute atomic E-state index is 0.0274. The van der Waals surface area contributed by atoms with Crippen LogP contribution >= 0.6 is 22.6 Å². The van der Waals surface area contributed by atoms with E-state index in [9.17, 15) is 14.0 Å². The van der Waals surface area contributed by atoms with Crippen molar-refractivity contribution in [1.29, 1.82) is 0 Å². The van der Waals surface area contributed by atoms with Gasteiger partial charge in [-0.25, -0.2) is 4.39 Å². The van der Waals surface area contributed by atoms with Gasteiger partial charge in [-0.3, -0.25) is 9.59 Å². The second kappa shape index (κ2) is 6.07. The second-order valence-electron chi connectivity index (χ2n) is 5.05. The molecule has 0 spiro atoms. The van der Waals surface area contributed by atoms with E-state index in [1.165, 1.54) is 11.0 Å². The maximum absolute atomic E-state index is 13.5. The van der Waals surface area contributed by atoms with E-state index < -0.39 is 17.7 Å². The Balaban J connectivity index is 2.21. The zero-order valence-corrected chi connectivity index (χ0v) is 13.1. The number of carbonyl (C=O) groups excluding carboxylic acids is 1. The average Bonchev–Trinajstić information content (AvgIpc) is 2.41. The predicted molar refractivity (Wildman–Crippen MR) is 80.0 cm³/mol. The summed E-state index contributed by atoms with van der Waals surface area (Å²) in [7, 11) is 0. The Hall–Kier alpha value is -1.18. The maximum atomic E-state index is 13.5. The zero-order chi connectivity index (χ0) is 14.9. The van der Waals surface area contributed by atoms with Gasteiger partial charge in [0.05, 0.1) is 5.92 Å². The van der Waals surface area contributed by atoms with Gasteiger partial charge >= 0.3 is 5.97 Å². The van der Waals surface area contributed by atoms with Crippen LogP contribution in [0.3, 0.4) is 0 Å². The van der Waals surface area contributed by atoms with Gasteiger partial charge in [-0.1, -0.05) is 0 Å². The first kappa shape index (κ1) is 15.2. The van der Waals surface area contributed by atoms with E-state index in [0.29, 0.717) is 16.4 Å². The van der Waals surface area contributed by atoms with Gasteiger partial charge in [0.15, 0.2) is 0 Å². The first-order valence-corrected chi connectivity index (χ1v) is 7.47. The number of halogens is 2. The lowest BCUT2D eigenvalue weighted by molar-refractivity contribution is -0.143. The summed E-state index contributed by atoms with van der Waals surface area (Å²) in [6.45, 7) is 2.07. The molecule has 0 saturated carbocycles. The fourth-order valence-corrected chi connectivity index (χ4v) is 2.72. The third kappa shape index (κ3) is 3.11. The fourth-order valence-electron chi connectivity index (χ4n) is 2.39. The predicted octanol–water partition coefficient (Wildman–Crippen LogP) is 2.76. The molecule has 6 heteroatoms. The standard InChI is InChI=1S/C14H15FINO3/c1-8-2-3-10(14(19)20)7-17(8)13(18)9-4-5-12(16)11(15)6-9/h4-6,8,10H,2-3,7H2,1H3,(H,19,20). The van der Waals surface area contributed by atoms with Gasteiger partial charge in [0, 0.05) is 21.7 Å². The summed E-state index contributed by atoms with van der Waals surface area (Å²) < 4.78 is 14.0. The summed E-state index contributed by atoms with van der Waals surface area (Å²) >= 11 is 1.86. The number of amides is 1. The van der Waals surface area contributed by atoms with Crippen molar-refractivity contribution in [2.75, 3.05) is 6.54 Å². The van der Waals surface area contributed by atoms with Crippen molar-refractivity contribution < 1.29 is 19.1 Å². The smallest absolute Gasteiger partial charge is 0.308 e. The summed E-state index contributed by atoms with van der Waals surface area (Å²) in [6, 6.07) is 4.30. The second-order valence-corrected chi connectivity index (χ2v) is 6.21. The molecule has 0 aromatic heterocycles. The molecule has 0 radical (unpaired) electrons. The Morgan fingerprint density at radius 1 is 1.40 bits per heavy atom. The number of carboxylic acids is 1. The Morgan fingerprint density at radius 3 is 2.70 bits per heavy atom. The Kier molecular flexibility index (Phi) is 4.62. The molecule has 108 valence electrons. The molecule has 1 N–H and O–H groups in total. The first-order chi connectivity index (χ1) is 9.40. The third-order valence-electron chi connectivity index (χ3n) is 3.66. The van der Waals surface area contributed by atoms with Crippen molar-refractivity contribution in [2.24, 2.45) is 5.92 Å². The largest absolute Gasteiger partial charge is 0.481 e. The number of rotatable bonds is 2. The van der Waals surface area contributed by atoms with Crippen molar-refractivity contribution in [3.8, 4) is 0 Å². The number of benzene rings is 1. The van der Waals surface area contributed by atoms with Gasteiger partial charge in [0.2, 0.25) is 0 Å². The number of carboxylic acid groups (broad SMARTS) is 1. The minimum Gasteiger partial charge on any atom is -0.481 e. The van der Waals surface area contributed by atoms with Gasteiger partial charge in [-0.15, -0.1) is 0 Å². The van der Waals surface area contributed by atoms with Crippen LogP contribution < -0.4 is 0 Å². The molecule has 1 amide bonds. The molecule has 1 fully saturated rings. The summed E-state index contributed by atoms with van der Waals surface area (Å²) in [6.07, 6.45) is 1.22. The van der Waals surface area contributed by atoms with Gasteiger partial charge in [-0.05, 0) is 60.6 Å². The van der Waals surface area contributed by atoms with Gasteiger partial charge in [0.1, 0.15) is 5.82 Å². The Bertz CT molecular complexity index is 549. The molecule has 1 heterocycles. The number of piperidine rings is 1. The highest BCUT2D eigenvalue weighted by Gasteiger charge is 2.33. The van der Waals surface area contributed by atoms with Gasteiger partial charge in [0.25, 0.3) is 5.91 Å². The summed E-state index contributed by atoms with van der Waals surface area (Å²) in [5.74, 6) is -2.16. The van der Waals surface area contributed by atoms with Crippen LogP contribution in [0.15, 0.2) is 18.2 Å². The van der Waals surface area contributed by atoms with Crippen LogP contribution in [0, 0.1) is 15.3 Å². The number of nitrogens with zero attached hydrogens (tertiary/aromatic N) is 1. The molecular weight excluding hydrogens is 376 g/mol. The first-order valence-electron chi connectivity index (χ1n) is 6.39. The molecule has 1 aliphatic rings. The van der Waals surface area contributed by atoms with Gasteiger partial charge < -0.3 is 10.0 Å².